The number of imidazole rings is 1. The zero-order chi connectivity index (χ0) is 16.8. The molecule has 0 aliphatic rings. The molecule has 0 bridgehead atoms. The number of nitrogens with zero attached hydrogens (tertiary/aromatic N) is 2. The third kappa shape index (κ3) is 6.76. The summed E-state index contributed by atoms with van der Waals surface area (Å²) in [5.74, 6) is 0.613. The van der Waals surface area contributed by atoms with Crippen molar-refractivity contribution in [2.24, 2.45) is 0 Å². The van der Waals surface area contributed by atoms with E-state index in [0.717, 1.165) is 6.04 Å². The van der Waals surface area contributed by atoms with Crippen LogP contribution in [0.25, 0.3) is 0 Å². The minimum atomic E-state index is -1.12. The second kappa shape index (κ2) is 8.49. The molecule has 22 heavy (non-hydrogen) atoms. The molecular formula is C14H24BrN3O3Si. The van der Waals surface area contributed by atoms with Gasteiger partial charge in [0.05, 0.1) is 6.04 Å². The van der Waals surface area contributed by atoms with Gasteiger partial charge in [-0.2, -0.15) is 0 Å². The maximum absolute atomic E-state index is 10.9. The molecule has 124 valence electrons. The molecule has 2 N–H and O–H groups in total. The third-order valence-electron chi connectivity index (χ3n) is 3.02. The highest BCUT2D eigenvalue weighted by atomic mass is 79.9. The van der Waals surface area contributed by atoms with Crippen LogP contribution in [-0.2, 0) is 11.5 Å². The van der Waals surface area contributed by atoms with Crippen LogP contribution in [0.3, 0.4) is 0 Å². The van der Waals surface area contributed by atoms with E-state index in [1.54, 1.807) is 12.3 Å². The van der Waals surface area contributed by atoms with Crippen molar-refractivity contribution >= 4 is 30.1 Å². The van der Waals surface area contributed by atoms with Crippen LogP contribution < -0.4 is 5.32 Å². The number of hydrogen-bond donors (Lipinski definition) is 2. The van der Waals surface area contributed by atoms with E-state index in [-0.39, 0.29) is 0 Å². The molecule has 8 heteroatoms. The van der Waals surface area contributed by atoms with Crippen LogP contribution in [0.15, 0.2) is 23.5 Å². The summed E-state index contributed by atoms with van der Waals surface area (Å²) < 4.78 is 8.19. The molecule has 0 saturated heterocycles. The minimum Gasteiger partial charge on any atom is -0.465 e. The molecule has 1 amide bonds. The highest BCUT2D eigenvalue weighted by Gasteiger charge is 2.20. The topological polar surface area (TPSA) is 76.4 Å². The molecule has 1 rings (SSSR count). The van der Waals surface area contributed by atoms with Crippen LogP contribution in [0, 0.1) is 0 Å². The molecule has 1 aromatic heterocycles. The second-order valence-electron chi connectivity index (χ2n) is 6.27. The highest BCUT2D eigenvalue weighted by Crippen LogP contribution is 2.20. The summed E-state index contributed by atoms with van der Waals surface area (Å²) in [5, 5.41) is 11.4. The largest absolute Gasteiger partial charge is 0.465 e. The first-order valence-electron chi connectivity index (χ1n) is 7.13. The number of rotatable bonds is 9. The third-order valence-corrected chi connectivity index (χ3v) is 5.10. The number of aromatic nitrogens is 2. The van der Waals surface area contributed by atoms with Crippen molar-refractivity contribution in [2.45, 2.75) is 44.9 Å². The zero-order valence-electron chi connectivity index (χ0n) is 13.3. The Bertz CT molecular complexity index is 514. The first kappa shape index (κ1) is 18.9. The van der Waals surface area contributed by atoms with Gasteiger partial charge < -0.3 is 19.7 Å². The van der Waals surface area contributed by atoms with Gasteiger partial charge in [0.2, 0.25) is 0 Å². The Morgan fingerprint density at radius 3 is 2.86 bits per heavy atom. The van der Waals surface area contributed by atoms with E-state index < -0.39 is 20.2 Å². The SMILES string of the molecule is C=CCC(NC(=O)O)c1nc(Br)cn1COCC[Si](C)(C)C. The van der Waals surface area contributed by atoms with Crippen LogP contribution in [0.4, 0.5) is 4.79 Å². The maximum Gasteiger partial charge on any atom is 0.405 e. The van der Waals surface area contributed by atoms with E-state index in [1.807, 2.05) is 4.57 Å². The smallest absolute Gasteiger partial charge is 0.405 e. The zero-order valence-corrected chi connectivity index (χ0v) is 15.9. The molecule has 1 heterocycles. The summed E-state index contributed by atoms with van der Waals surface area (Å²) in [5.41, 5.74) is 0. The van der Waals surface area contributed by atoms with Crippen molar-refractivity contribution in [1.29, 1.82) is 0 Å². The maximum atomic E-state index is 10.9. The summed E-state index contributed by atoms with van der Waals surface area (Å²) in [6.07, 6.45) is 2.84. The Kier molecular flexibility index (Phi) is 7.31. The van der Waals surface area contributed by atoms with Gasteiger partial charge in [-0.3, -0.25) is 0 Å². The molecule has 0 aromatic carbocycles. The van der Waals surface area contributed by atoms with Crippen LogP contribution in [-0.4, -0.2) is 35.4 Å². The summed E-state index contributed by atoms with van der Waals surface area (Å²) in [6.45, 7) is 11.6. The van der Waals surface area contributed by atoms with Crippen LogP contribution in [0.1, 0.15) is 18.3 Å². The number of ether oxygens (including phenoxy) is 1. The van der Waals surface area contributed by atoms with Crippen molar-refractivity contribution in [1.82, 2.24) is 14.9 Å². The minimum absolute atomic E-state index is 0.355. The first-order chi connectivity index (χ1) is 10.2. The summed E-state index contributed by atoms with van der Waals surface area (Å²) in [4.78, 5) is 15.3. The van der Waals surface area contributed by atoms with E-state index in [9.17, 15) is 4.79 Å². The van der Waals surface area contributed by atoms with E-state index in [2.05, 4.69) is 52.5 Å². The lowest BCUT2D eigenvalue weighted by Crippen LogP contribution is -2.29. The molecule has 0 fully saturated rings. The Hall–Kier alpha value is -1.12. The van der Waals surface area contributed by atoms with E-state index in [4.69, 9.17) is 9.84 Å². The standard InChI is InChI=1S/C14H24BrN3O3Si/c1-5-6-11(16-14(19)20)13-17-12(15)9-18(13)10-21-7-8-22(2,3)4/h5,9,11,16H,1,6-8,10H2,2-4H3,(H,19,20). The highest BCUT2D eigenvalue weighted by molar-refractivity contribution is 9.10. The Balaban J connectivity index is 2.74. The molecule has 0 aliphatic heterocycles. The Morgan fingerprint density at radius 1 is 1.64 bits per heavy atom. The number of amides is 1. The molecule has 6 nitrogen and oxygen atoms in total. The fourth-order valence-electron chi connectivity index (χ4n) is 1.86. The van der Waals surface area contributed by atoms with Crippen LogP contribution in [0.5, 0.6) is 0 Å². The first-order valence-corrected chi connectivity index (χ1v) is 11.6. The fraction of sp³-hybridized carbons (Fsp3) is 0.571. The number of nitrogens with one attached hydrogen (secondary N) is 1. The summed E-state index contributed by atoms with van der Waals surface area (Å²) >= 11 is 3.33. The monoisotopic (exact) mass is 389 g/mol. The van der Waals surface area contributed by atoms with Crippen molar-refractivity contribution in [2.75, 3.05) is 6.61 Å². The Labute approximate surface area is 140 Å². The van der Waals surface area contributed by atoms with Crippen LogP contribution in [0.2, 0.25) is 25.7 Å². The molecule has 0 radical (unpaired) electrons. The molecular weight excluding hydrogens is 366 g/mol. The summed E-state index contributed by atoms with van der Waals surface area (Å²) in [7, 11) is -1.12. The lowest BCUT2D eigenvalue weighted by Gasteiger charge is -2.18. The number of carbonyl (C=O) groups is 1. The second-order valence-corrected chi connectivity index (χ2v) is 12.7. The quantitative estimate of drug-likeness (QED) is 0.382. The van der Waals surface area contributed by atoms with Crippen LogP contribution >= 0.6 is 15.9 Å². The van der Waals surface area contributed by atoms with Gasteiger partial charge in [0.15, 0.2) is 0 Å². The van der Waals surface area contributed by atoms with Gasteiger partial charge in [0, 0.05) is 20.9 Å². The normalized spacial score (nSPS) is 12.9. The van der Waals surface area contributed by atoms with Crippen molar-refractivity contribution in [3.8, 4) is 0 Å². The molecule has 1 unspecified atom stereocenters. The van der Waals surface area contributed by atoms with Gasteiger partial charge in [-0.1, -0.05) is 25.7 Å². The van der Waals surface area contributed by atoms with E-state index >= 15 is 0 Å². The van der Waals surface area contributed by atoms with Gasteiger partial charge in [-0.15, -0.1) is 6.58 Å². The van der Waals surface area contributed by atoms with Gasteiger partial charge in [0.1, 0.15) is 17.2 Å². The fourth-order valence-corrected chi connectivity index (χ4v) is 3.05. The molecule has 1 atom stereocenters. The van der Waals surface area contributed by atoms with Gasteiger partial charge >= 0.3 is 6.09 Å². The van der Waals surface area contributed by atoms with Crippen molar-refractivity contribution in [3.05, 3.63) is 29.3 Å². The van der Waals surface area contributed by atoms with Crippen molar-refractivity contribution < 1.29 is 14.6 Å². The average molecular weight is 390 g/mol. The molecule has 1 aromatic rings. The molecule has 0 spiro atoms. The number of halogens is 1. The Morgan fingerprint density at radius 2 is 2.32 bits per heavy atom. The van der Waals surface area contributed by atoms with E-state index in [0.29, 0.717) is 30.2 Å². The van der Waals surface area contributed by atoms with Gasteiger partial charge in [-0.05, 0) is 28.4 Å². The van der Waals surface area contributed by atoms with Crippen molar-refractivity contribution in [3.63, 3.8) is 0 Å². The molecule has 0 saturated carbocycles. The number of hydrogen-bond acceptors (Lipinski definition) is 3. The number of carboxylic acid groups (broad SMARTS) is 1. The average Bonchev–Trinajstić information content (AvgIpc) is 2.74. The lowest BCUT2D eigenvalue weighted by atomic mass is 10.2. The van der Waals surface area contributed by atoms with Gasteiger partial charge in [0.25, 0.3) is 0 Å². The lowest BCUT2D eigenvalue weighted by molar-refractivity contribution is 0.0836. The molecule has 0 aliphatic carbocycles. The van der Waals surface area contributed by atoms with Gasteiger partial charge in [-0.25, -0.2) is 9.78 Å². The predicted molar refractivity (Wildman–Crippen MR) is 92.7 cm³/mol. The summed E-state index contributed by atoms with van der Waals surface area (Å²) in [6, 6.07) is 0.642. The predicted octanol–water partition coefficient (Wildman–Crippen LogP) is 3.84. The van der Waals surface area contributed by atoms with E-state index in [1.165, 1.54) is 0 Å².